The molecular weight excluding hydrogens is 288 g/mol. The van der Waals surface area contributed by atoms with E-state index in [1.807, 2.05) is 25.1 Å². The minimum absolute atomic E-state index is 0.321. The van der Waals surface area contributed by atoms with Crippen molar-refractivity contribution in [3.63, 3.8) is 0 Å². The van der Waals surface area contributed by atoms with Gasteiger partial charge in [-0.3, -0.25) is 4.79 Å². The summed E-state index contributed by atoms with van der Waals surface area (Å²) in [7, 11) is 1.66. The van der Waals surface area contributed by atoms with Crippen LogP contribution in [0.1, 0.15) is 54.2 Å². The molecule has 23 heavy (non-hydrogen) atoms. The number of rotatable bonds is 4. The van der Waals surface area contributed by atoms with Crippen LogP contribution in [0.25, 0.3) is 0 Å². The monoisotopic (exact) mass is 310 g/mol. The summed E-state index contributed by atoms with van der Waals surface area (Å²) in [5, 5.41) is 0. The van der Waals surface area contributed by atoms with Crippen LogP contribution in [-0.2, 0) is 11.2 Å². The normalized spacial score (nSPS) is 15.7. The molecule has 0 N–H and O–H groups in total. The Kier molecular flexibility index (Phi) is 4.70. The van der Waals surface area contributed by atoms with Crippen molar-refractivity contribution in [3.8, 4) is 5.88 Å². The van der Waals surface area contributed by atoms with E-state index >= 15 is 0 Å². The molecular formula is C19H22N2O2. The number of aryl methyl sites for hydroxylation is 1. The Hall–Kier alpha value is -2.23. The number of hydrogen-bond donors (Lipinski definition) is 0. The number of hydrogen-bond acceptors (Lipinski definition) is 4. The molecule has 1 fully saturated rings. The van der Waals surface area contributed by atoms with Crippen molar-refractivity contribution in [2.45, 2.75) is 44.9 Å². The molecule has 2 aromatic rings. The average Bonchev–Trinajstić information content (AvgIpc) is 2.58. The summed E-state index contributed by atoms with van der Waals surface area (Å²) in [4.78, 5) is 20.7. The highest BCUT2D eigenvalue weighted by molar-refractivity contribution is 5.79. The van der Waals surface area contributed by atoms with Gasteiger partial charge in [-0.05, 0) is 25.3 Å². The Morgan fingerprint density at radius 3 is 2.48 bits per heavy atom. The zero-order chi connectivity index (χ0) is 16.2. The molecule has 0 atom stereocenters. The van der Waals surface area contributed by atoms with Crippen molar-refractivity contribution in [1.82, 2.24) is 9.97 Å². The van der Waals surface area contributed by atoms with Gasteiger partial charge < -0.3 is 4.74 Å². The lowest BCUT2D eigenvalue weighted by atomic mass is 9.83. The van der Waals surface area contributed by atoms with Crippen LogP contribution in [0.4, 0.5) is 0 Å². The van der Waals surface area contributed by atoms with Crippen LogP contribution in [0.15, 0.2) is 30.3 Å². The summed E-state index contributed by atoms with van der Waals surface area (Å²) in [6.07, 6.45) is 3.81. The van der Waals surface area contributed by atoms with Gasteiger partial charge in [0.05, 0.1) is 12.8 Å². The van der Waals surface area contributed by atoms with Gasteiger partial charge in [0.2, 0.25) is 5.88 Å². The number of benzene rings is 1. The maximum absolute atomic E-state index is 11.5. The Balaban J connectivity index is 1.99. The Labute approximate surface area is 136 Å². The highest BCUT2D eigenvalue weighted by Crippen LogP contribution is 2.35. The fourth-order valence-electron chi connectivity index (χ4n) is 3.28. The number of nitrogens with zero attached hydrogens (tertiary/aromatic N) is 2. The van der Waals surface area contributed by atoms with Gasteiger partial charge in [-0.25, -0.2) is 4.98 Å². The predicted octanol–water partition coefficient (Wildman–Crippen LogP) is 3.61. The maximum Gasteiger partial charge on any atom is 0.220 e. The molecule has 4 nitrogen and oxygen atoms in total. The van der Waals surface area contributed by atoms with Crippen LogP contribution >= 0.6 is 0 Å². The summed E-state index contributed by atoms with van der Waals surface area (Å²) in [6, 6.07) is 10.3. The largest absolute Gasteiger partial charge is 0.481 e. The standard InChI is InChI=1S/C19H22N2O2/c1-13-20-18(15-8-10-16(22)11-9-15)17(19(21-13)23-2)12-14-6-4-3-5-7-14/h3-7,15H,8-12H2,1-2H3. The first kappa shape index (κ1) is 15.7. The van der Waals surface area contributed by atoms with E-state index in [1.165, 1.54) is 5.56 Å². The molecule has 1 aromatic heterocycles. The van der Waals surface area contributed by atoms with Gasteiger partial charge in [0.15, 0.2) is 0 Å². The SMILES string of the molecule is COc1nc(C)nc(C2CCC(=O)CC2)c1Cc1ccccc1. The lowest BCUT2D eigenvalue weighted by Gasteiger charge is -2.24. The zero-order valence-corrected chi connectivity index (χ0v) is 13.7. The number of ketones is 1. The van der Waals surface area contributed by atoms with Gasteiger partial charge in [-0.1, -0.05) is 30.3 Å². The molecule has 0 saturated heterocycles. The van der Waals surface area contributed by atoms with Crippen LogP contribution in [0.5, 0.6) is 5.88 Å². The smallest absolute Gasteiger partial charge is 0.220 e. The van der Waals surface area contributed by atoms with Crippen molar-refractivity contribution in [2.24, 2.45) is 0 Å². The number of methoxy groups -OCH3 is 1. The molecule has 0 unspecified atom stereocenters. The minimum Gasteiger partial charge on any atom is -0.481 e. The van der Waals surface area contributed by atoms with E-state index in [0.717, 1.165) is 36.3 Å². The average molecular weight is 310 g/mol. The van der Waals surface area contributed by atoms with Gasteiger partial charge >= 0.3 is 0 Å². The van der Waals surface area contributed by atoms with Crippen LogP contribution in [-0.4, -0.2) is 22.9 Å². The molecule has 1 aliphatic carbocycles. The van der Waals surface area contributed by atoms with E-state index in [2.05, 4.69) is 17.1 Å². The molecule has 3 rings (SSSR count). The molecule has 1 saturated carbocycles. The number of carbonyl (C=O) groups excluding carboxylic acids is 1. The topological polar surface area (TPSA) is 52.1 Å². The Morgan fingerprint density at radius 1 is 1.13 bits per heavy atom. The van der Waals surface area contributed by atoms with E-state index < -0.39 is 0 Å². The lowest BCUT2D eigenvalue weighted by Crippen LogP contribution is -2.17. The first-order chi connectivity index (χ1) is 11.2. The summed E-state index contributed by atoms with van der Waals surface area (Å²) in [5.74, 6) is 2.07. The van der Waals surface area contributed by atoms with E-state index in [0.29, 0.717) is 30.4 Å². The fourth-order valence-corrected chi connectivity index (χ4v) is 3.28. The van der Waals surface area contributed by atoms with Crippen LogP contribution in [0.2, 0.25) is 0 Å². The van der Waals surface area contributed by atoms with E-state index in [-0.39, 0.29) is 0 Å². The third kappa shape index (κ3) is 3.58. The quantitative estimate of drug-likeness (QED) is 0.865. The van der Waals surface area contributed by atoms with Gasteiger partial charge in [0, 0.05) is 30.7 Å². The van der Waals surface area contributed by atoms with E-state index in [4.69, 9.17) is 9.72 Å². The van der Waals surface area contributed by atoms with Gasteiger partial charge in [0.1, 0.15) is 11.6 Å². The maximum atomic E-state index is 11.5. The second kappa shape index (κ2) is 6.90. The molecule has 1 aromatic carbocycles. The van der Waals surface area contributed by atoms with Crippen molar-refractivity contribution in [1.29, 1.82) is 0 Å². The molecule has 1 aliphatic rings. The second-order valence-corrected chi connectivity index (χ2v) is 6.12. The third-order valence-electron chi connectivity index (χ3n) is 4.46. The summed E-state index contributed by atoms with van der Waals surface area (Å²) in [5.41, 5.74) is 3.33. The summed E-state index contributed by atoms with van der Waals surface area (Å²) in [6.45, 7) is 1.90. The first-order valence-corrected chi connectivity index (χ1v) is 8.14. The highest BCUT2D eigenvalue weighted by atomic mass is 16.5. The van der Waals surface area contributed by atoms with E-state index in [1.54, 1.807) is 7.11 Å². The van der Waals surface area contributed by atoms with Crippen molar-refractivity contribution in [3.05, 3.63) is 53.0 Å². The second-order valence-electron chi connectivity index (χ2n) is 6.12. The molecule has 0 bridgehead atoms. The van der Waals surface area contributed by atoms with Gasteiger partial charge in [-0.15, -0.1) is 0 Å². The number of carbonyl (C=O) groups is 1. The first-order valence-electron chi connectivity index (χ1n) is 8.14. The fraction of sp³-hybridized carbons (Fsp3) is 0.421. The predicted molar refractivity (Wildman–Crippen MR) is 88.8 cm³/mol. The highest BCUT2D eigenvalue weighted by Gasteiger charge is 2.26. The minimum atomic E-state index is 0.321. The molecule has 120 valence electrons. The number of Topliss-reactive ketones (excluding diaryl/α,β-unsaturated/α-hetero) is 1. The van der Waals surface area contributed by atoms with Gasteiger partial charge in [0.25, 0.3) is 0 Å². The van der Waals surface area contributed by atoms with Crippen molar-refractivity contribution >= 4 is 5.78 Å². The van der Waals surface area contributed by atoms with Gasteiger partial charge in [-0.2, -0.15) is 4.98 Å². The van der Waals surface area contributed by atoms with Crippen molar-refractivity contribution < 1.29 is 9.53 Å². The molecule has 1 heterocycles. The third-order valence-corrected chi connectivity index (χ3v) is 4.46. The summed E-state index contributed by atoms with van der Waals surface area (Å²) >= 11 is 0. The molecule has 4 heteroatoms. The molecule has 0 amide bonds. The van der Waals surface area contributed by atoms with Crippen LogP contribution in [0.3, 0.4) is 0 Å². The molecule has 0 radical (unpaired) electrons. The Morgan fingerprint density at radius 2 is 1.83 bits per heavy atom. The summed E-state index contributed by atoms with van der Waals surface area (Å²) < 4.78 is 5.53. The molecule has 0 spiro atoms. The van der Waals surface area contributed by atoms with Crippen LogP contribution in [0, 0.1) is 6.92 Å². The van der Waals surface area contributed by atoms with E-state index in [9.17, 15) is 4.79 Å². The number of aromatic nitrogens is 2. The molecule has 0 aliphatic heterocycles. The zero-order valence-electron chi connectivity index (χ0n) is 13.7. The lowest BCUT2D eigenvalue weighted by molar-refractivity contribution is -0.120. The van der Waals surface area contributed by atoms with Crippen LogP contribution < -0.4 is 4.74 Å². The number of ether oxygens (including phenoxy) is 1. The Bertz CT molecular complexity index is 688. The van der Waals surface area contributed by atoms with Crippen molar-refractivity contribution in [2.75, 3.05) is 7.11 Å².